The Bertz CT molecular complexity index is 627. The standard InChI is InChI=1S/C19H24N2O2.ClH/c1-21(19(22)14-16-5-9-17(20)10-6-16)13-3-4-15-7-11-18(23-2)12-8-15;/h5-12H,3-4,13-14,20H2,1-2H3;1H. The van der Waals surface area contributed by atoms with Crippen LogP contribution in [0.1, 0.15) is 17.5 Å². The van der Waals surface area contributed by atoms with E-state index in [1.165, 1.54) is 5.56 Å². The van der Waals surface area contributed by atoms with E-state index in [0.29, 0.717) is 12.1 Å². The Balaban J connectivity index is 0.00000288. The topological polar surface area (TPSA) is 55.6 Å². The Kier molecular flexibility index (Phi) is 8.13. The molecule has 0 aliphatic carbocycles. The molecular formula is C19H25ClN2O2. The van der Waals surface area contributed by atoms with Gasteiger partial charge in [-0.1, -0.05) is 24.3 Å². The fourth-order valence-corrected chi connectivity index (χ4v) is 2.38. The summed E-state index contributed by atoms with van der Waals surface area (Å²) in [6.45, 7) is 0.750. The molecule has 0 spiro atoms. The van der Waals surface area contributed by atoms with E-state index in [4.69, 9.17) is 10.5 Å². The molecule has 0 aliphatic heterocycles. The van der Waals surface area contributed by atoms with Crippen LogP contribution in [-0.2, 0) is 17.6 Å². The van der Waals surface area contributed by atoms with Gasteiger partial charge in [0.1, 0.15) is 5.75 Å². The lowest BCUT2D eigenvalue weighted by molar-refractivity contribution is -0.129. The minimum absolute atomic E-state index is 0. The first kappa shape index (κ1) is 19.8. The molecule has 0 aromatic heterocycles. The number of nitrogen functional groups attached to an aromatic ring is 1. The van der Waals surface area contributed by atoms with Crippen LogP contribution in [0.3, 0.4) is 0 Å². The quantitative estimate of drug-likeness (QED) is 0.781. The number of methoxy groups -OCH3 is 1. The summed E-state index contributed by atoms with van der Waals surface area (Å²) in [6, 6.07) is 15.5. The van der Waals surface area contributed by atoms with Crippen molar-refractivity contribution < 1.29 is 9.53 Å². The maximum Gasteiger partial charge on any atom is 0.226 e. The van der Waals surface area contributed by atoms with Gasteiger partial charge in [0, 0.05) is 19.3 Å². The van der Waals surface area contributed by atoms with Crippen molar-refractivity contribution in [2.24, 2.45) is 0 Å². The number of anilines is 1. The number of carbonyl (C=O) groups is 1. The highest BCUT2D eigenvalue weighted by atomic mass is 35.5. The van der Waals surface area contributed by atoms with Gasteiger partial charge in [-0.15, -0.1) is 12.4 Å². The van der Waals surface area contributed by atoms with E-state index in [-0.39, 0.29) is 18.3 Å². The molecule has 0 heterocycles. The van der Waals surface area contributed by atoms with Gasteiger partial charge in [-0.05, 0) is 48.2 Å². The number of ether oxygens (including phenoxy) is 1. The van der Waals surface area contributed by atoms with Crippen LogP contribution in [0.4, 0.5) is 5.69 Å². The third-order valence-corrected chi connectivity index (χ3v) is 3.88. The van der Waals surface area contributed by atoms with Crippen molar-refractivity contribution in [1.82, 2.24) is 4.90 Å². The van der Waals surface area contributed by atoms with E-state index in [1.807, 2.05) is 43.4 Å². The molecular weight excluding hydrogens is 324 g/mol. The molecule has 0 atom stereocenters. The number of benzene rings is 2. The van der Waals surface area contributed by atoms with Crippen LogP contribution < -0.4 is 10.5 Å². The Morgan fingerprint density at radius 2 is 1.62 bits per heavy atom. The summed E-state index contributed by atoms with van der Waals surface area (Å²) in [4.78, 5) is 14.0. The zero-order chi connectivity index (χ0) is 16.7. The number of aryl methyl sites for hydroxylation is 1. The SMILES string of the molecule is COc1ccc(CCCN(C)C(=O)Cc2ccc(N)cc2)cc1.Cl. The first-order chi connectivity index (χ1) is 11.1. The van der Waals surface area contributed by atoms with Gasteiger partial charge in [0.15, 0.2) is 0 Å². The molecule has 0 unspecified atom stereocenters. The second-order valence-electron chi connectivity index (χ2n) is 5.69. The number of amides is 1. The first-order valence-electron chi connectivity index (χ1n) is 7.80. The van der Waals surface area contributed by atoms with Crippen molar-refractivity contribution in [3.05, 3.63) is 59.7 Å². The number of likely N-dealkylation sites (N-methyl/N-ethyl adjacent to an activating group) is 1. The van der Waals surface area contributed by atoms with Gasteiger partial charge in [0.25, 0.3) is 0 Å². The number of hydrogen-bond acceptors (Lipinski definition) is 3. The highest BCUT2D eigenvalue weighted by molar-refractivity contribution is 5.85. The number of hydrogen-bond donors (Lipinski definition) is 1. The van der Waals surface area contributed by atoms with E-state index >= 15 is 0 Å². The largest absolute Gasteiger partial charge is 0.497 e. The maximum absolute atomic E-state index is 12.2. The van der Waals surface area contributed by atoms with E-state index in [1.54, 1.807) is 12.0 Å². The molecule has 0 fully saturated rings. The summed E-state index contributed by atoms with van der Waals surface area (Å²) < 4.78 is 5.15. The van der Waals surface area contributed by atoms with Crippen LogP contribution in [0.5, 0.6) is 5.75 Å². The molecule has 2 aromatic carbocycles. The zero-order valence-electron chi connectivity index (χ0n) is 14.2. The minimum Gasteiger partial charge on any atom is -0.497 e. The normalized spacial score (nSPS) is 9.92. The van der Waals surface area contributed by atoms with Gasteiger partial charge in [-0.2, -0.15) is 0 Å². The molecule has 0 saturated heterocycles. The van der Waals surface area contributed by atoms with Gasteiger partial charge < -0.3 is 15.4 Å². The van der Waals surface area contributed by atoms with Gasteiger partial charge in [-0.25, -0.2) is 0 Å². The number of nitrogens with two attached hydrogens (primary N) is 1. The van der Waals surface area contributed by atoms with Gasteiger partial charge in [-0.3, -0.25) is 4.79 Å². The van der Waals surface area contributed by atoms with Crippen molar-refractivity contribution in [1.29, 1.82) is 0 Å². The molecule has 2 rings (SSSR count). The second-order valence-corrected chi connectivity index (χ2v) is 5.69. The minimum atomic E-state index is 0. The highest BCUT2D eigenvalue weighted by Crippen LogP contribution is 2.13. The van der Waals surface area contributed by atoms with Crippen molar-refractivity contribution in [3.63, 3.8) is 0 Å². The lowest BCUT2D eigenvalue weighted by atomic mass is 10.1. The summed E-state index contributed by atoms with van der Waals surface area (Å²) in [5, 5.41) is 0. The molecule has 130 valence electrons. The van der Waals surface area contributed by atoms with Crippen LogP contribution in [0.15, 0.2) is 48.5 Å². The van der Waals surface area contributed by atoms with Gasteiger partial charge in [0.2, 0.25) is 5.91 Å². The lowest BCUT2D eigenvalue weighted by Crippen LogP contribution is -2.29. The maximum atomic E-state index is 12.2. The fraction of sp³-hybridized carbons (Fsp3) is 0.316. The van der Waals surface area contributed by atoms with Crippen molar-refractivity contribution >= 4 is 24.0 Å². The molecule has 2 N–H and O–H groups in total. The summed E-state index contributed by atoms with van der Waals surface area (Å²) in [5.41, 5.74) is 8.62. The molecule has 4 nitrogen and oxygen atoms in total. The summed E-state index contributed by atoms with van der Waals surface area (Å²) in [7, 11) is 3.52. The molecule has 5 heteroatoms. The van der Waals surface area contributed by atoms with Crippen molar-refractivity contribution in [2.45, 2.75) is 19.3 Å². The molecule has 0 radical (unpaired) electrons. The van der Waals surface area contributed by atoms with Crippen LogP contribution in [0.25, 0.3) is 0 Å². The summed E-state index contributed by atoms with van der Waals surface area (Å²) in [5.74, 6) is 0.994. The molecule has 0 aliphatic rings. The summed E-state index contributed by atoms with van der Waals surface area (Å²) in [6.07, 6.45) is 2.30. The Morgan fingerprint density at radius 1 is 1.04 bits per heavy atom. The highest BCUT2D eigenvalue weighted by Gasteiger charge is 2.09. The molecule has 1 amide bonds. The molecule has 0 bridgehead atoms. The Hall–Kier alpha value is -2.20. The first-order valence-corrected chi connectivity index (χ1v) is 7.80. The van der Waals surface area contributed by atoms with E-state index < -0.39 is 0 Å². The molecule has 2 aromatic rings. The number of carbonyl (C=O) groups excluding carboxylic acids is 1. The smallest absolute Gasteiger partial charge is 0.226 e. The molecule has 24 heavy (non-hydrogen) atoms. The average molecular weight is 349 g/mol. The van der Waals surface area contributed by atoms with E-state index in [9.17, 15) is 4.79 Å². The predicted molar refractivity (Wildman–Crippen MR) is 101 cm³/mol. The monoisotopic (exact) mass is 348 g/mol. The molecule has 0 saturated carbocycles. The third kappa shape index (κ3) is 6.13. The van der Waals surface area contributed by atoms with E-state index in [2.05, 4.69) is 12.1 Å². The average Bonchev–Trinajstić information content (AvgIpc) is 2.57. The lowest BCUT2D eigenvalue weighted by Gasteiger charge is -2.17. The summed E-state index contributed by atoms with van der Waals surface area (Å²) >= 11 is 0. The van der Waals surface area contributed by atoms with Crippen molar-refractivity contribution in [2.75, 3.05) is 26.4 Å². The number of rotatable bonds is 7. The van der Waals surface area contributed by atoms with Crippen LogP contribution in [0, 0.1) is 0 Å². The van der Waals surface area contributed by atoms with Crippen molar-refractivity contribution in [3.8, 4) is 5.75 Å². The zero-order valence-corrected chi connectivity index (χ0v) is 15.0. The number of nitrogens with zero attached hydrogens (tertiary/aromatic N) is 1. The van der Waals surface area contributed by atoms with Crippen LogP contribution in [-0.4, -0.2) is 31.5 Å². The third-order valence-electron chi connectivity index (χ3n) is 3.88. The Morgan fingerprint density at radius 3 is 2.21 bits per heavy atom. The number of halogens is 1. The second kappa shape index (κ2) is 9.83. The van der Waals surface area contributed by atoms with Crippen LogP contribution in [0.2, 0.25) is 0 Å². The fourth-order valence-electron chi connectivity index (χ4n) is 2.38. The predicted octanol–water partition coefficient (Wildman–Crippen LogP) is 3.33. The van der Waals surface area contributed by atoms with E-state index in [0.717, 1.165) is 30.7 Å². The van der Waals surface area contributed by atoms with Gasteiger partial charge in [0.05, 0.1) is 13.5 Å². The van der Waals surface area contributed by atoms with Crippen LogP contribution >= 0.6 is 12.4 Å². The Labute approximate surface area is 150 Å². The van der Waals surface area contributed by atoms with Gasteiger partial charge >= 0.3 is 0 Å².